The van der Waals surface area contributed by atoms with Crippen LogP contribution < -0.4 is 10.9 Å². The fraction of sp³-hybridized carbons (Fsp3) is 0.188. The predicted octanol–water partition coefficient (Wildman–Crippen LogP) is 1.69. The summed E-state index contributed by atoms with van der Waals surface area (Å²) in [5, 5.41) is 0. The number of hydrogen-bond donors (Lipinski definition) is 3. The Hall–Kier alpha value is -2.74. The fourth-order valence-electron chi connectivity index (χ4n) is 2.39. The molecular weight excluding hydrogens is 326 g/mol. The molecule has 1 aromatic carbocycles. The second-order valence-electron chi connectivity index (χ2n) is 5.12. The molecule has 8 heteroatoms. The molecule has 0 unspecified atom stereocenters. The van der Waals surface area contributed by atoms with Gasteiger partial charge in [0.05, 0.1) is 16.8 Å². The van der Waals surface area contributed by atoms with Crippen LogP contribution in [0.4, 0.5) is 0 Å². The van der Waals surface area contributed by atoms with Crippen LogP contribution in [0.1, 0.15) is 16.3 Å². The van der Waals surface area contributed by atoms with E-state index in [0.717, 1.165) is 16.9 Å². The number of imidazole rings is 1. The van der Waals surface area contributed by atoms with Gasteiger partial charge in [-0.15, -0.1) is 0 Å². The molecule has 0 saturated carbocycles. The van der Waals surface area contributed by atoms with E-state index < -0.39 is 5.91 Å². The van der Waals surface area contributed by atoms with Gasteiger partial charge < -0.3 is 9.55 Å². The number of hydrogen-bond acceptors (Lipinski definition) is 4. The van der Waals surface area contributed by atoms with E-state index in [0.29, 0.717) is 11.4 Å². The summed E-state index contributed by atoms with van der Waals surface area (Å²) in [7, 11) is 0. The van der Waals surface area contributed by atoms with Gasteiger partial charge in [-0.3, -0.25) is 20.4 Å². The molecule has 0 saturated heterocycles. The monoisotopic (exact) mass is 343 g/mol. The highest BCUT2D eigenvalue weighted by molar-refractivity contribution is 7.97. The van der Waals surface area contributed by atoms with E-state index in [4.69, 9.17) is 0 Å². The first-order valence-corrected chi connectivity index (χ1v) is 8.74. The lowest BCUT2D eigenvalue weighted by atomic mass is 10.3. The molecule has 0 aliphatic rings. The topological polar surface area (TPSA) is 91.8 Å². The lowest BCUT2D eigenvalue weighted by Crippen LogP contribution is -2.43. The molecule has 0 aliphatic carbocycles. The number of aromatic amines is 1. The van der Waals surface area contributed by atoms with Gasteiger partial charge in [0.15, 0.2) is 0 Å². The number of benzene rings is 1. The van der Waals surface area contributed by atoms with Crippen molar-refractivity contribution in [2.24, 2.45) is 0 Å². The van der Waals surface area contributed by atoms with Crippen LogP contribution in [0.15, 0.2) is 42.6 Å². The summed E-state index contributed by atoms with van der Waals surface area (Å²) in [5.74, 6) is 0.819. The number of carbonyl (C=O) groups is 2. The average Bonchev–Trinajstić information content (AvgIpc) is 3.22. The molecule has 124 valence electrons. The third-order valence-electron chi connectivity index (χ3n) is 3.47. The van der Waals surface area contributed by atoms with E-state index in [1.54, 1.807) is 30.1 Å². The van der Waals surface area contributed by atoms with E-state index >= 15 is 0 Å². The van der Waals surface area contributed by atoms with Gasteiger partial charge in [-0.05, 0) is 30.5 Å². The van der Waals surface area contributed by atoms with Crippen LogP contribution in [-0.2, 0) is 17.1 Å². The summed E-state index contributed by atoms with van der Waals surface area (Å²) in [5.41, 5.74) is 6.95. The van der Waals surface area contributed by atoms with Gasteiger partial charge >= 0.3 is 0 Å². The maximum atomic E-state index is 12.2. The predicted molar refractivity (Wildman–Crippen MR) is 93.4 cm³/mol. The number of aromatic nitrogens is 3. The third kappa shape index (κ3) is 3.43. The first-order chi connectivity index (χ1) is 11.7. The number of amides is 2. The summed E-state index contributed by atoms with van der Waals surface area (Å²) in [6.07, 6.45) is 3.63. The summed E-state index contributed by atoms with van der Waals surface area (Å²) in [4.78, 5) is 31.3. The summed E-state index contributed by atoms with van der Waals surface area (Å²) < 4.78 is 1.86. The minimum Gasteiger partial charge on any atom is -0.357 e. The lowest BCUT2D eigenvalue weighted by Gasteiger charge is -2.10. The summed E-state index contributed by atoms with van der Waals surface area (Å²) >= 11 is 1.64. The molecule has 0 fully saturated rings. The number of H-pyrrole nitrogens is 1. The number of fused-ring (bicyclic) bond motifs is 1. The van der Waals surface area contributed by atoms with Crippen molar-refractivity contribution in [3.8, 4) is 0 Å². The van der Waals surface area contributed by atoms with E-state index in [-0.39, 0.29) is 12.5 Å². The molecule has 3 rings (SSSR count). The van der Waals surface area contributed by atoms with Crippen molar-refractivity contribution in [2.75, 3.05) is 6.26 Å². The SMILES string of the molecule is CSCc1nc2ccccc2n1CC(=O)NNC(=O)c1ccc[nH]1. The fourth-order valence-corrected chi connectivity index (χ4v) is 2.87. The van der Waals surface area contributed by atoms with Crippen LogP contribution >= 0.6 is 11.8 Å². The molecule has 0 radical (unpaired) electrons. The van der Waals surface area contributed by atoms with E-state index in [1.165, 1.54) is 0 Å². The number of hydrazine groups is 1. The molecule has 3 N–H and O–H groups in total. The van der Waals surface area contributed by atoms with E-state index in [9.17, 15) is 9.59 Å². The van der Waals surface area contributed by atoms with Crippen LogP contribution in [-0.4, -0.2) is 32.6 Å². The zero-order chi connectivity index (χ0) is 16.9. The Morgan fingerprint density at radius 1 is 1.21 bits per heavy atom. The molecule has 0 aliphatic heterocycles. The number of nitrogens with one attached hydrogen (secondary N) is 3. The molecule has 2 aromatic heterocycles. The van der Waals surface area contributed by atoms with Gasteiger partial charge in [0, 0.05) is 6.20 Å². The van der Waals surface area contributed by atoms with Gasteiger partial charge in [0.2, 0.25) is 0 Å². The van der Waals surface area contributed by atoms with E-state index in [2.05, 4.69) is 20.8 Å². The van der Waals surface area contributed by atoms with E-state index in [1.807, 2.05) is 35.1 Å². The minimum absolute atomic E-state index is 0.0847. The Balaban J connectivity index is 1.70. The quantitative estimate of drug-likeness (QED) is 0.615. The second-order valence-corrected chi connectivity index (χ2v) is 5.99. The first-order valence-electron chi connectivity index (χ1n) is 7.34. The van der Waals surface area contributed by atoms with Gasteiger partial charge in [-0.25, -0.2) is 4.98 Å². The third-order valence-corrected chi connectivity index (χ3v) is 4.01. The normalized spacial score (nSPS) is 10.7. The molecule has 2 amide bonds. The van der Waals surface area contributed by atoms with Crippen molar-refractivity contribution in [3.05, 3.63) is 54.1 Å². The number of rotatable bonds is 5. The Kier molecular flexibility index (Phi) is 4.85. The van der Waals surface area contributed by atoms with Crippen molar-refractivity contribution in [1.82, 2.24) is 25.4 Å². The Labute approximate surface area is 142 Å². The van der Waals surface area contributed by atoms with Gasteiger partial charge in [0.25, 0.3) is 11.8 Å². The van der Waals surface area contributed by atoms with Crippen molar-refractivity contribution < 1.29 is 9.59 Å². The largest absolute Gasteiger partial charge is 0.357 e. The van der Waals surface area contributed by atoms with Gasteiger partial charge in [-0.2, -0.15) is 11.8 Å². The number of para-hydroxylation sites is 2. The highest BCUT2D eigenvalue weighted by Gasteiger charge is 2.14. The lowest BCUT2D eigenvalue weighted by molar-refractivity contribution is -0.122. The molecule has 0 spiro atoms. The summed E-state index contributed by atoms with van der Waals surface area (Å²) in [6.45, 7) is 0.0847. The van der Waals surface area contributed by atoms with Crippen LogP contribution in [0.5, 0.6) is 0 Å². The molecular formula is C16H17N5O2S. The average molecular weight is 343 g/mol. The Bertz CT molecular complexity index is 857. The highest BCUT2D eigenvalue weighted by Crippen LogP contribution is 2.18. The van der Waals surface area contributed by atoms with Crippen molar-refractivity contribution >= 4 is 34.6 Å². The van der Waals surface area contributed by atoms with Crippen LogP contribution in [0.25, 0.3) is 11.0 Å². The van der Waals surface area contributed by atoms with Crippen molar-refractivity contribution in [2.45, 2.75) is 12.3 Å². The molecule has 0 atom stereocenters. The smallest absolute Gasteiger partial charge is 0.286 e. The maximum Gasteiger partial charge on any atom is 0.286 e. The molecule has 3 aromatic rings. The van der Waals surface area contributed by atoms with Crippen LogP contribution in [0, 0.1) is 0 Å². The highest BCUT2D eigenvalue weighted by atomic mass is 32.2. The first kappa shape index (κ1) is 16.1. The number of carbonyl (C=O) groups excluding carboxylic acids is 2. The molecule has 24 heavy (non-hydrogen) atoms. The summed E-state index contributed by atoms with van der Waals surface area (Å²) in [6, 6.07) is 11.0. The molecule has 7 nitrogen and oxygen atoms in total. The zero-order valence-corrected chi connectivity index (χ0v) is 13.9. The van der Waals surface area contributed by atoms with Crippen LogP contribution in [0.2, 0.25) is 0 Å². The number of nitrogens with zero attached hydrogens (tertiary/aromatic N) is 2. The van der Waals surface area contributed by atoms with Crippen molar-refractivity contribution in [1.29, 1.82) is 0 Å². The number of thioether (sulfide) groups is 1. The Morgan fingerprint density at radius 2 is 2.04 bits per heavy atom. The van der Waals surface area contributed by atoms with Crippen LogP contribution in [0.3, 0.4) is 0 Å². The minimum atomic E-state index is -0.395. The molecule has 2 heterocycles. The zero-order valence-electron chi connectivity index (χ0n) is 13.1. The van der Waals surface area contributed by atoms with Gasteiger partial charge in [0.1, 0.15) is 18.1 Å². The standard InChI is InChI=1S/C16H17N5O2S/c1-24-10-14-18-11-5-2-3-7-13(11)21(14)9-15(22)19-20-16(23)12-6-4-8-17-12/h2-8,17H,9-10H2,1H3,(H,19,22)(H,20,23). The van der Waals surface area contributed by atoms with Gasteiger partial charge in [-0.1, -0.05) is 12.1 Å². The maximum absolute atomic E-state index is 12.2. The molecule has 0 bridgehead atoms. The second kappa shape index (κ2) is 7.22. The van der Waals surface area contributed by atoms with Crippen molar-refractivity contribution in [3.63, 3.8) is 0 Å². The Morgan fingerprint density at radius 3 is 2.79 bits per heavy atom.